The third-order valence-corrected chi connectivity index (χ3v) is 12.3. The second kappa shape index (κ2) is 18.2. The average molecular weight is 961 g/mol. The number of hydrazone groups is 2. The first-order chi connectivity index (χ1) is 32.3. The van der Waals surface area contributed by atoms with E-state index in [0.717, 1.165) is 0 Å². The van der Waals surface area contributed by atoms with E-state index in [9.17, 15) is 45.7 Å². The van der Waals surface area contributed by atoms with E-state index < -0.39 is 57.5 Å². The first kappa shape index (κ1) is 46.2. The van der Waals surface area contributed by atoms with Crippen molar-refractivity contribution in [1.82, 2.24) is 0 Å². The molecular weight excluding hydrogens is 925 g/mol. The largest absolute Gasteiger partial charge is 0.480 e. The fourth-order valence-corrected chi connectivity index (χ4v) is 8.72. The minimum atomic E-state index is -4.57. The fourth-order valence-electron chi connectivity index (χ4n) is 7.31. The van der Waals surface area contributed by atoms with Gasteiger partial charge in [-0.3, -0.25) is 19.9 Å². The molecule has 8 rings (SSSR count). The highest BCUT2D eigenvalue weighted by molar-refractivity contribution is 7.86. The van der Waals surface area contributed by atoms with Gasteiger partial charge in [-0.1, -0.05) is 48.5 Å². The Morgan fingerprint density at radius 1 is 0.603 bits per heavy atom. The van der Waals surface area contributed by atoms with Crippen LogP contribution >= 0.6 is 0 Å². The predicted molar refractivity (Wildman–Crippen MR) is 249 cm³/mol. The predicted octanol–water partition coefficient (Wildman–Crippen LogP) is 7.73. The maximum atomic E-state index is 12.1. The standard InChI is InChI=1S/C44H36N10O12S2/c1-23-41(43(45)53(51-23)29-13-9-25-5-3-7-37(31(25)19-29)67(59,60)61)49-47-33-15-11-27(17-35(33)65-21-39(55)56)28-12-16-34(36(18-28)66-22-40(57)58)48-50-42-24(2)52-54(44(42)46)30-14-10-26-6-4-8-38(32(26)20-30)68(62,63)64/h3-20,41-42,45-46H,21-22H2,1-2H3,(H,55,56)(H,57,58)(H,59,60,61)(H,62,63,64). The number of rotatable bonds is 15. The van der Waals surface area contributed by atoms with Crippen LogP contribution < -0.4 is 19.5 Å². The third kappa shape index (κ3) is 9.50. The van der Waals surface area contributed by atoms with E-state index >= 15 is 0 Å². The summed E-state index contributed by atoms with van der Waals surface area (Å²) in [5.74, 6) is -2.90. The summed E-state index contributed by atoms with van der Waals surface area (Å²) in [5.41, 5.74) is 2.38. The van der Waals surface area contributed by atoms with E-state index in [1.807, 2.05) is 0 Å². The summed E-state index contributed by atoms with van der Waals surface area (Å²) in [5, 5.41) is 66.8. The summed E-state index contributed by atoms with van der Waals surface area (Å²) >= 11 is 0. The molecule has 6 aromatic carbocycles. The topological polar surface area (TPSA) is 330 Å². The number of hydrogen-bond donors (Lipinski definition) is 6. The lowest BCUT2D eigenvalue weighted by molar-refractivity contribution is -0.140. The van der Waals surface area contributed by atoms with Crippen molar-refractivity contribution < 1.29 is 55.2 Å². The van der Waals surface area contributed by atoms with Crippen LogP contribution in [0, 0.1) is 10.8 Å². The number of benzene rings is 6. The molecule has 22 nitrogen and oxygen atoms in total. The van der Waals surface area contributed by atoms with Crippen LogP contribution in [0.1, 0.15) is 13.8 Å². The Bertz CT molecular complexity index is 3260. The van der Waals surface area contributed by atoms with Crippen molar-refractivity contribution >= 4 is 99.6 Å². The second-order valence-electron chi connectivity index (χ2n) is 15.1. The van der Waals surface area contributed by atoms with Gasteiger partial charge in [0, 0.05) is 10.8 Å². The van der Waals surface area contributed by atoms with Gasteiger partial charge >= 0.3 is 11.9 Å². The summed E-state index contributed by atoms with van der Waals surface area (Å²) in [4.78, 5) is 22.6. The van der Waals surface area contributed by atoms with Crippen molar-refractivity contribution in [2.75, 3.05) is 23.2 Å². The van der Waals surface area contributed by atoms with Crippen LogP contribution in [0.3, 0.4) is 0 Å². The zero-order valence-electron chi connectivity index (χ0n) is 35.4. The van der Waals surface area contributed by atoms with Crippen molar-refractivity contribution in [1.29, 1.82) is 10.8 Å². The first-order valence-corrected chi connectivity index (χ1v) is 22.8. The molecule has 6 N–H and O–H groups in total. The van der Waals surface area contributed by atoms with Crippen LogP contribution in [-0.2, 0) is 29.8 Å². The smallest absolute Gasteiger partial charge is 0.341 e. The summed E-state index contributed by atoms with van der Waals surface area (Å²) in [6, 6.07) is 25.4. The molecule has 0 aliphatic carbocycles. The molecule has 68 heavy (non-hydrogen) atoms. The molecule has 2 aliphatic heterocycles. The number of hydrogen-bond acceptors (Lipinski definition) is 16. The molecule has 0 fully saturated rings. The van der Waals surface area contributed by atoms with Gasteiger partial charge in [-0.15, -0.1) is 0 Å². The van der Waals surface area contributed by atoms with E-state index in [1.165, 1.54) is 70.7 Å². The number of nitrogens with zero attached hydrogens (tertiary/aromatic N) is 8. The van der Waals surface area contributed by atoms with Crippen LogP contribution in [0.2, 0.25) is 0 Å². The van der Waals surface area contributed by atoms with Crippen molar-refractivity contribution in [3.8, 4) is 22.6 Å². The van der Waals surface area contributed by atoms with E-state index in [-0.39, 0.29) is 55.1 Å². The number of aliphatic carboxylic acids is 2. The SMILES string of the molecule is CC1=NN(c2ccc3cccc(S(=O)(=O)O)c3c2)C(=N)C1N=Nc1ccc(-c2ccc(N=NC3C(=N)N(c4ccc5cccc(S(=O)(=O)O)c5c4)N=C3C)c(OCC(=O)O)c2)cc1OCC(=O)O. The van der Waals surface area contributed by atoms with Crippen LogP contribution in [0.25, 0.3) is 32.7 Å². The highest BCUT2D eigenvalue weighted by atomic mass is 32.2. The van der Waals surface area contributed by atoms with Gasteiger partial charge in [-0.2, -0.15) is 47.5 Å². The van der Waals surface area contributed by atoms with Crippen LogP contribution in [-0.4, -0.2) is 96.5 Å². The Balaban J connectivity index is 1.05. The molecular formula is C44H36N10O12S2. The van der Waals surface area contributed by atoms with Crippen molar-refractivity contribution in [2.45, 2.75) is 35.7 Å². The molecule has 0 aromatic heterocycles. The fraction of sp³-hybridized carbons (Fsp3) is 0.136. The number of nitrogens with one attached hydrogen (secondary N) is 2. The molecule has 0 amide bonds. The number of carboxylic acid groups (broad SMARTS) is 2. The van der Waals surface area contributed by atoms with Crippen molar-refractivity contribution in [3.63, 3.8) is 0 Å². The molecule has 2 aliphatic rings. The number of amidine groups is 2. The lowest BCUT2D eigenvalue weighted by Gasteiger charge is -2.16. The van der Waals surface area contributed by atoms with Gasteiger partial charge in [0.1, 0.15) is 32.7 Å². The highest BCUT2D eigenvalue weighted by Crippen LogP contribution is 2.39. The molecule has 0 bridgehead atoms. The number of azo groups is 2. The van der Waals surface area contributed by atoms with E-state index in [1.54, 1.807) is 62.4 Å². The van der Waals surface area contributed by atoms with Gasteiger partial charge in [0.05, 0.1) is 22.8 Å². The number of carbonyl (C=O) groups is 2. The quantitative estimate of drug-likeness (QED) is 0.0424. The monoisotopic (exact) mass is 960 g/mol. The maximum Gasteiger partial charge on any atom is 0.341 e. The zero-order valence-corrected chi connectivity index (χ0v) is 37.0. The maximum absolute atomic E-state index is 12.1. The minimum Gasteiger partial charge on any atom is -0.480 e. The lowest BCUT2D eigenvalue weighted by Crippen LogP contribution is -2.29. The van der Waals surface area contributed by atoms with Crippen molar-refractivity contribution in [3.05, 3.63) is 109 Å². The molecule has 346 valence electrons. The third-order valence-electron chi connectivity index (χ3n) is 10.5. The molecule has 6 aromatic rings. The Labute approximate surface area is 385 Å². The van der Waals surface area contributed by atoms with Crippen molar-refractivity contribution in [2.24, 2.45) is 30.7 Å². The number of carboxylic acids is 2. The lowest BCUT2D eigenvalue weighted by atomic mass is 10.0. The Hall–Kier alpha value is -8.32. The Morgan fingerprint density at radius 2 is 1.00 bits per heavy atom. The summed E-state index contributed by atoms with van der Waals surface area (Å²) in [6.45, 7) is 1.70. The van der Waals surface area contributed by atoms with E-state index in [4.69, 9.17) is 20.3 Å². The van der Waals surface area contributed by atoms with Crippen LogP contribution in [0.4, 0.5) is 22.7 Å². The molecule has 0 spiro atoms. The summed E-state index contributed by atoms with van der Waals surface area (Å²) in [6.07, 6.45) is 0. The van der Waals surface area contributed by atoms with E-state index in [2.05, 4.69) is 30.7 Å². The molecule has 0 saturated carbocycles. The molecule has 2 heterocycles. The average Bonchev–Trinajstić information content (AvgIpc) is 3.75. The summed E-state index contributed by atoms with van der Waals surface area (Å²) < 4.78 is 79.1. The van der Waals surface area contributed by atoms with Gasteiger partial charge in [0.2, 0.25) is 0 Å². The molecule has 24 heteroatoms. The van der Waals surface area contributed by atoms with Crippen LogP contribution in [0.15, 0.2) is 150 Å². The molecule has 0 radical (unpaired) electrons. The van der Waals surface area contributed by atoms with E-state index in [0.29, 0.717) is 44.7 Å². The first-order valence-electron chi connectivity index (χ1n) is 19.9. The van der Waals surface area contributed by atoms with Gasteiger partial charge in [0.15, 0.2) is 37.0 Å². The molecule has 2 atom stereocenters. The second-order valence-corrected chi connectivity index (χ2v) is 17.9. The molecule has 2 unspecified atom stereocenters. The Kier molecular flexibility index (Phi) is 12.3. The minimum absolute atomic E-state index is 0.0200. The van der Waals surface area contributed by atoms with Gasteiger partial charge < -0.3 is 19.7 Å². The highest BCUT2D eigenvalue weighted by Gasteiger charge is 2.33. The number of anilines is 2. The Morgan fingerprint density at radius 3 is 1.37 bits per heavy atom. The van der Waals surface area contributed by atoms with Crippen LogP contribution in [0.5, 0.6) is 11.5 Å². The van der Waals surface area contributed by atoms with Gasteiger partial charge in [-0.25, -0.2) is 19.6 Å². The number of ether oxygens (including phenoxy) is 2. The zero-order chi connectivity index (χ0) is 48.7. The van der Waals surface area contributed by atoms with Gasteiger partial charge in [-0.05, 0) is 96.4 Å². The van der Waals surface area contributed by atoms with Gasteiger partial charge in [0.25, 0.3) is 20.2 Å². The summed E-state index contributed by atoms with van der Waals surface area (Å²) in [7, 11) is -9.14. The normalized spacial score (nSPS) is 16.6. The molecule has 0 saturated heterocycles. The number of fused-ring (bicyclic) bond motifs is 2.